The molecule has 0 radical (unpaired) electrons. The van der Waals surface area contributed by atoms with Gasteiger partial charge >= 0.3 is 0 Å². The van der Waals surface area contributed by atoms with Crippen LogP contribution in [0.5, 0.6) is 5.75 Å². The highest BCUT2D eigenvalue weighted by Gasteiger charge is 2.16. The molecule has 0 spiro atoms. The van der Waals surface area contributed by atoms with E-state index < -0.39 is 11.9 Å². The molecule has 96 valence electrons. The molecule has 1 rings (SSSR count). The maximum atomic E-state index is 13.8. The summed E-state index contributed by atoms with van der Waals surface area (Å²) in [7, 11) is 3.02. The second-order valence-electron chi connectivity index (χ2n) is 4.00. The first-order valence-corrected chi connectivity index (χ1v) is 5.63. The standard InChI is InChI=1S/C13H19FO3/c1-9(16-2)7-8-11(15)10-5-4-6-12(17-3)13(10)14/h4-6,9,11,15H,7-8H2,1-3H3. The SMILES string of the molecule is COc1cccc(C(O)CCC(C)OC)c1F. The van der Waals surface area contributed by atoms with Crippen LogP contribution in [-0.2, 0) is 4.74 Å². The monoisotopic (exact) mass is 242 g/mol. The van der Waals surface area contributed by atoms with E-state index in [1.165, 1.54) is 13.2 Å². The first-order chi connectivity index (χ1) is 8.10. The molecule has 2 atom stereocenters. The van der Waals surface area contributed by atoms with Crippen LogP contribution in [0.3, 0.4) is 0 Å². The van der Waals surface area contributed by atoms with Crippen LogP contribution in [0.1, 0.15) is 31.4 Å². The molecule has 1 N–H and O–H groups in total. The van der Waals surface area contributed by atoms with Crippen molar-refractivity contribution in [1.82, 2.24) is 0 Å². The lowest BCUT2D eigenvalue weighted by atomic mass is 10.0. The van der Waals surface area contributed by atoms with Crippen molar-refractivity contribution < 1.29 is 19.0 Å². The summed E-state index contributed by atoms with van der Waals surface area (Å²) in [5, 5.41) is 9.91. The molecule has 0 bridgehead atoms. The third-order valence-electron chi connectivity index (χ3n) is 2.82. The number of aliphatic hydroxyl groups is 1. The zero-order chi connectivity index (χ0) is 12.8. The van der Waals surface area contributed by atoms with Crippen LogP contribution >= 0.6 is 0 Å². The molecule has 17 heavy (non-hydrogen) atoms. The first-order valence-electron chi connectivity index (χ1n) is 5.63. The lowest BCUT2D eigenvalue weighted by molar-refractivity contribution is 0.0839. The third-order valence-corrected chi connectivity index (χ3v) is 2.82. The van der Waals surface area contributed by atoms with Gasteiger partial charge in [0.15, 0.2) is 11.6 Å². The second-order valence-corrected chi connectivity index (χ2v) is 4.00. The zero-order valence-electron chi connectivity index (χ0n) is 10.4. The molecule has 0 saturated heterocycles. The Morgan fingerprint density at radius 2 is 2.00 bits per heavy atom. The Morgan fingerprint density at radius 3 is 2.59 bits per heavy atom. The van der Waals surface area contributed by atoms with E-state index in [0.717, 1.165) is 0 Å². The highest BCUT2D eigenvalue weighted by Crippen LogP contribution is 2.27. The fourth-order valence-corrected chi connectivity index (χ4v) is 1.61. The van der Waals surface area contributed by atoms with Crippen LogP contribution in [-0.4, -0.2) is 25.4 Å². The minimum Gasteiger partial charge on any atom is -0.494 e. The highest BCUT2D eigenvalue weighted by molar-refractivity contribution is 5.32. The van der Waals surface area contributed by atoms with Crippen LogP contribution in [0.25, 0.3) is 0 Å². The minimum atomic E-state index is -0.831. The number of hydrogen-bond acceptors (Lipinski definition) is 3. The van der Waals surface area contributed by atoms with Gasteiger partial charge in [0.25, 0.3) is 0 Å². The molecule has 0 fully saturated rings. The summed E-state index contributed by atoms with van der Waals surface area (Å²) < 4.78 is 23.8. The van der Waals surface area contributed by atoms with Crippen molar-refractivity contribution >= 4 is 0 Å². The van der Waals surface area contributed by atoms with Crippen molar-refractivity contribution in [2.24, 2.45) is 0 Å². The van der Waals surface area contributed by atoms with Gasteiger partial charge in [0.1, 0.15) is 0 Å². The van der Waals surface area contributed by atoms with Gasteiger partial charge in [0.2, 0.25) is 0 Å². The van der Waals surface area contributed by atoms with Gasteiger partial charge < -0.3 is 14.6 Å². The number of ether oxygens (including phenoxy) is 2. The maximum absolute atomic E-state index is 13.8. The van der Waals surface area contributed by atoms with E-state index in [4.69, 9.17) is 9.47 Å². The van der Waals surface area contributed by atoms with Gasteiger partial charge in [-0.3, -0.25) is 0 Å². The molecule has 1 aromatic rings. The summed E-state index contributed by atoms with van der Waals surface area (Å²) in [6, 6.07) is 4.77. The van der Waals surface area contributed by atoms with E-state index in [0.29, 0.717) is 12.8 Å². The van der Waals surface area contributed by atoms with Crippen molar-refractivity contribution in [2.45, 2.75) is 32.0 Å². The smallest absolute Gasteiger partial charge is 0.170 e. The summed E-state index contributed by atoms with van der Waals surface area (Å²) in [5.74, 6) is -0.339. The molecular weight excluding hydrogens is 223 g/mol. The normalized spacial score (nSPS) is 14.4. The number of aliphatic hydroxyl groups excluding tert-OH is 1. The van der Waals surface area contributed by atoms with Gasteiger partial charge in [-0.1, -0.05) is 12.1 Å². The van der Waals surface area contributed by atoms with Crippen LogP contribution in [0.2, 0.25) is 0 Å². The molecule has 0 saturated carbocycles. The van der Waals surface area contributed by atoms with E-state index >= 15 is 0 Å². The lowest BCUT2D eigenvalue weighted by Gasteiger charge is -2.15. The summed E-state index contributed by atoms with van der Waals surface area (Å²) in [5.41, 5.74) is 0.271. The van der Waals surface area contributed by atoms with Crippen LogP contribution in [0.15, 0.2) is 18.2 Å². The number of halogens is 1. The van der Waals surface area contributed by atoms with Gasteiger partial charge in [0.05, 0.1) is 19.3 Å². The Morgan fingerprint density at radius 1 is 1.29 bits per heavy atom. The summed E-state index contributed by atoms with van der Waals surface area (Å²) in [6.45, 7) is 1.91. The molecule has 0 aliphatic carbocycles. The zero-order valence-corrected chi connectivity index (χ0v) is 10.4. The Hall–Kier alpha value is -1.13. The number of methoxy groups -OCH3 is 2. The summed E-state index contributed by atoms with van der Waals surface area (Å²) in [4.78, 5) is 0. The fourth-order valence-electron chi connectivity index (χ4n) is 1.61. The van der Waals surface area contributed by atoms with E-state index in [1.54, 1.807) is 19.2 Å². The number of rotatable bonds is 6. The quantitative estimate of drug-likeness (QED) is 0.833. The minimum absolute atomic E-state index is 0.0540. The van der Waals surface area contributed by atoms with Gasteiger partial charge in [-0.2, -0.15) is 0 Å². The Bertz CT molecular complexity index is 355. The van der Waals surface area contributed by atoms with E-state index in [1.807, 2.05) is 6.92 Å². The highest BCUT2D eigenvalue weighted by atomic mass is 19.1. The Kier molecular flexibility index (Phi) is 5.38. The molecule has 2 unspecified atom stereocenters. The van der Waals surface area contributed by atoms with Crippen molar-refractivity contribution in [3.8, 4) is 5.75 Å². The van der Waals surface area contributed by atoms with E-state index in [-0.39, 0.29) is 17.4 Å². The van der Waals surface area contributed by atoms with Crippen LogP contribution in [0.4, 0.5) is 4.39 Å². The Balaban J connectivity index is 2.71. The molecule has 0 aromatic heterocycles. The van der Waals surface area contributed by atoms with Crippen molar-refractivity contribution in [3.63, 3.8) is 0 Å². The molecule has 4 heteroatoms. The summed E-state index contributed by atoms with van der Waals surface area (Å²) in [6.07, 6.45) is 0.356. The lowest BCUT2D eigenvalue weighted by Crippen LogP contribution is -2.09. The summed E-state index contributed by atoms with van der Waals surface area (Å²) >= 11 is 0. The third kappa shape index (κ3) is 3.68. The van der Waals surface area contributed by atoms with Crippen LogP contribution in [0, 0.1) is 5.82 Å². The number of benzene rings is 1. The van der Waals surface area contributed by atoms with E-state index in [2.05, 4.69) is 0 Å². The average molecular weight is 242 g/mol. The predicted octanol–water partition coefficient (Wildman–Crippen LogP) is 2.68. The fraction of sp³-hybridized carbons (Fsp3) is 0.538. The molecule has 0 aliphatic rings. The predicted molar refractivity (Wildman–Crippen MR) is 63.6 cm³/mol. The van der Waals surface area contributed by atoms with Gasteiger partial charge in [-0.25, -0.2) is 4.39 Å². The molecule has 0 aliphatic heterocycles. The second kappa shape index (κ2) is 6.57. The van der Waals surface area contributed by atoms with Crippen molar-refractivity contribution in [1.29, 1.82) is 0 Å². The van der Waals surface area contributed by atoms with Crippen LogP contribution < -0.4 is 4.74 Å². The van der Waals surface area contributed by atoms with Gasteiger partial charge in [-0.15, -0.1) is 0 Å². The molecule has 3 nitrogen and oxygen atoms in total. The van der Waals surface area contributed by atoms with Crippen molar-refractivity contribution in [3.05, 3.63) is 29.6 Å². The van der Waals surface area contributed by atoms with Crippen molar-refractivity contribution in [2.75, 3.05) is 14.2 Å². The van der Waals surface area contributed by atoms with E-state index in [9.17, 15) is 9.50 Å². The molecule has 0 heterocycles. The first kappa shape index (κ1) is 13.9. The van der Waals surface area contributed by atoms with Gasteiger partial charge in [0, 0.05) is 12.7 Å². The largest absolute Gasteiger partial charge is 0.494 e. The average Bonchev–Trinajstić information content (AvgIpc) is 2.35. The number of hydrogen-bond donors (Lipinski definition) is 1. The maximum Gasteiger partial charge on any atom is 0.170 e. The topological polar surface area (TPSA) is 38.7 Å². The molecular formula is C13H19FO3. The Labute approximate surface area is 101 Å². The van der Waals surface area contributed by atoms with Gasteiger partial charge in [-0.05, 0) is 25.8 Å². The molecule has 1 aromatic carbocycles. The molecule has 0 amide bonds.